The van der Waals surface area contributed by atoms with Gasteiger partial charge in [-0.25, -0.2) is 18.2 Å². The molecule has 2 aromatic heterocycles. The highest BCUT2D eigenvalue weighted by atomic mass is 32.2. The summed E-state index contributed by atoms with van der Waals surface area (Å²) in [7, 11) is -4.28. The molecule has 0 bridgehead atoms. The van der Waals surface area contributed by atoms with E-state index >= 15 is 0 Å². The molecule has 42 heavy (non-hydrogen) atoms. The van der Waals surface area contributed by atoms with E-state index in [1.807, 2.05) is 36.5 Å². The van der Waals surface area contributed by atoms with Gasteiger partial charge in [0.1, 0.15) is 17.8 Å². The van der Waals surface area contributed by atoms with Gasteiger partial charge in [-0.3, -0.25) is 9.59 Å². The topological polar surface area (TPSA) is 160 Å². The minimum atomic E-state index is -4.28. The highest BCUT2D eigenvalue weighted by molar-refractivity contribution is 7.85. The molecular formula is C29H29N3O9S. The maximum atomic E-state index is 12.0. The van der Waals surface area contributed by atoms with Crippen LogP contribution in [0.15, 0.2) is 59.1 Å². The summed E-state index contributed by atoms with van der Waals surface area (Å²) in [4.78, 5) is 44.8. The van der Waals surface area contributed by atoms with Crippen molar-refractivity contribution < 1.29 is 45.9 Å². The molecule has 1 aliphatic rings. The van der Waals surface area contributed by atoms with Gasteiger partial charge in [-0.2, -0.15) is 4.57 Å². The second kappa shape index (κ2) is 12.7. The largest absolute Gasteiger partial charge is 0.748 e. The molecule has 12 nitrogen and oxygen atoms in total. The fourth-order valence-electron chi connectivity index (χ4n) is 4.74. The first-order chi connectivity index (χ1) is 20.2. The molecule has 4 aromatic rings. The Labute approximate surface area is 241 Å². The average molecular weight is 596 g/mol. The fourth-order valence-corrected chi connectivity index (χ4v) is 5.21. The van der Waals surface area contributed by atoms with Gasteiger partial charge in [0.15, 0.2) is 11.8 Å². The van der Waals surface area contributed by atoms with Gasteiger partial charge in [-0.1, -0.05) is 12.1 Å². The van der Waals surface area contributed by atoms with Crippen LogP contribution in [-0.4, -0.2) is 53.2 Å². The molecular weight excluding hydrogens is 566 g/mol. The van der Waals surface area contributed by atoms with Gasteiger partial charge in [0, 0.05) is 49.6 Å². The summed E-state index contributed by atoms with van der Waals surface area (Å²) in [6.07, 6.45) is 4.44. The summed E-state index contributed by atoms with van der Waals surface area (Å²) < 4.78 is 46.0. The van der Waals surface area contributed by atoms with E-state index in [0.29, 0.717) is 40.8 Å². The van der Waals surface area contributed by atoms with E-state index in [9.17, 15) is 27.4 Å². The number of nitrogens with zero attached hydrogens (tertiary/aromatic N) is 3. The van der Waals surface area contributed by atoms with E-state index in [-0.39, 0.29) is 32.3 Å². The Balaban J connectivity index is 1.20. The van der Waals surface area contributed by atoms with Gasteiger partial charge >= 0.3 is 5.97 Å². The van der Waals surface area contributed by atoms with Gasteiger partial charge in [-0.15, -0.1) is 5.06 Å². The number of rotatable bonds is 13. The quantitative estimate of drug-likeness (QED) is 0.0970. The highest BCUT2D eigenvalue weighted by Crippen LogP contribution is 2.31. The van der Waals surface area contributed by atoms with Crippen LogP contribution in [0.1, 0.15) is 44.9 Å². The van der Waals surface area contributed by atoms with Gasteiger partial charge in [0.25, 0.3) is 11.8 Å². The maximum absolute atomic E-state index is 12.0. The first kappa shape index (κ1) is 29.1. The molecule has 2 amide bonds. The number of aryl methyl sites for hydroxylation is 1. The Bertz CT molecular complexity index is 1730. The first-order valence-electron chi connectivity index (χ1n) is 13.6. The van der Waals surface area contributed by atoms with Crippen molar-refractivity contribution in [2.45, 2.75) is 51.5 Å². The van der Waals surface area contributed by atoms with Crippen LogP contribution in [-0.2, 0) is 35.9 Å². The second-order valence-corrected chi connectivity index (χ2v) is 11.4. The number of unbranched alkanes of at least 4 members (excludes halogenated alkanes) is 2. The van der Waals surface area contributed by atoms with Crippen molar-refractivity contribution in [1.82, 2.24) is 10.0 Å². The van der Waals surface area contributed by atoms with E-state index in [0.717, 1.165) is 29.3 Å². The number of carbonyl (C=O) groups is 3. The molecule has 3 heterocycles. The number of amides is 2. The van der Waals surface area contributed by atoms with Gasteiger partial charge in [0.2, 0.25) is 11.4 Å². The van der Waals surface area contributed by atoms with Crippen molar-refractivity contribution in [1.29, 1.82) is 0 Å². The Hall–Kier alpha value is -4.36. The van der Waals surface area contributed by atoms with Gasteiger partial charge in [-0.05, 0) is 37.5 Å². The van der Waals surface area contributed by atoms with Crippen LogP contribution >= 0.6 is 0 Å². The molecule has 0 saturated carbocycles. The number of imide groups is 1. The van der Waals surface area contributed by atoms with Crippen molar-refractivity contribution in [3.63, 3.8) is 0 Å². The highest BCUT2D eigenvalue weighted by Gasteiger charge is 2.32. The Morgan fingerprint density at radius 2 is 1.81 bits per heavy atom. The average Bonchev–Trinajstić information content (AvgIpc) is 3.52. The van der Waals surface area contributed by atoms with Crippen LogP contribution in [0.2, 0.25) is 0 Å². The number of hydrogen-bond donors (Lipinski definition) is 0. The summed E-state index contributed by atoms with van der Waals surface area (Å²) in [5.41, 5.74) is 2.95. The van der Waals surface area contributed by atoms with Crippen molar-refractivity contribution in [3.05, 3.63) is 54.7 Å². The molecule has 5 rings (SSSR count). The molecule has 0 aliphatic carbocycles. The summed E-state index contributed by atoms with van der Waals surface area (Å²) in [5, 5.41) is 1.52. The summed E-state index contributed by atoms with van der Waals surface area (Å²) in [6.45, 7) is 0.794. The number of hydroxylamine groups is 2. The lowest BCUT2D eigenvalue weighted by Gasteiger charge is -2.12. The van der Waals surface area contributed by atoms with Crippen LogP contribution in [0.3, 0.4) is 0 Å². The predicted molar refractivity (Wildman–Crippen MR) is 147 cm³/mol. The van der Waals surface area contributed by atoms with Crippen molar-refractivity contribution in [2.24, 2.45) is 0 Å². The monoisotopic (exact) mass is 595 g/mol. The summed E-state index contributed by atoms with van der Waals surface area (Å²) >= 11 is 0. The van der Waals surface area contributed by atoms with Crippen molar-refractivity contribution >= 4 is 49.9 Å². The third-order valence-electron chi connectivity index (χ3n) is 6.80. The normalized spacial score (nSPS) is 13.8. The fraction of sp³-hybridized carbons (Fsp3) is 0.345. The van der Waals surface area contributed by atoms with E-state index in [1.54, 1.807) is 18.2 Å². The number of oxazole rings is 1. The number of hydrogen-bond acceptors (Lipinski definition) is 10. The van der Waals surface area contributed by atoms with Crippen LogP contribution in [0.4, 0.5) is 0 Å². The van der Waals surface area contributed by atoms with Gasteiger partial charge in [0.05, 0.1) is 27.7 Å². The van der Waals surface area contributed by atoms with Crippen LogP contribution in [0, 0.1) is 0 Å². The lowest BCUT2D eigenvalue weighted by atomic mass is 10.1. The standard InChI is InChI=1S/C29H29N3O9S/c33-26-12-13-27(34)32(26)41-28(35)9-2-1-5-15-31-16-14-22(21-7-3-4-8-24(21)31)29-30-23-11-10-20(19-25(23)40-29)39-17-6-18-42(36,37)38/h3-4,7-8,10-11,14,16,19H,1-2,5-6,9,12-13,15,17-18H2. The summed E-state index contributed by atoms with van der Waals surface area (Å²) in [5.74, 6) is -1.12. The zero-order valence-corrected chi connectivity index (χ0v) is 23.5. The third kappa shape index (κ3) is 7.09. The zero-order valence-electron chi connectivity index (χ0n) is 22.7. The molecule has 2 aromatic carbocycles. The summed E-state index contributed by atoms with van der Waals surface area (Å²) in [6, 6.07) is 15.0. The van der Waals surface area contributed by atoms with Crippen molar-refractivity contribution in [2.75, 3.05) is 12.4 Å². The number of benzene rings is 2. The SMILES string of the molecule is O=C(CCCCC[n+]1ccc(-c2nc3ccc(OCCCS(=O)(=O)[O-])cc3o2)c2ccccc21)ON1C(=O)CCC1=O. The van der Waals surface area contributed by atoms with Crippen molar-refractivity contribution in [3.8, 4) is 17.2 Å². The second-order valence-electron chi connectivity index (χ2n) is 9.91. The molecule has 1 fully saturated rings. The van der Waals surface area contributed by atoms with E-state index in [1.165, 1.54) is 0 Å². The van der Waals surface area contributed by atoms with E-state index < -0.39 is 33.7 Å². The number of fused-ring (bicyclic) bond motifs is 2. The number of carbonyl (C=O) groups excluding carboxylic acids is 3. The van der Waals surface area contributed by atoms with Crippen LogP contribution < -0.4 is 9.30 Å². The molecule has 0 atom stereocenters. The molecule has 0 radical (unpaired) electrons. The first-order valence-corrected chi connectivity index (χ1v) is 15.2. The molecule has 0 spiro atoms. The molecule has 13 heteroatoms. The maximum Gasteiger partial charge on any atom is 0.333 e. The number of para-hydroxylation sites is 1. The van der Waals surface area contributed by atoms with Gasteiger partial charge < -0.3 is 18.5 Å². The minimum absolute atomic E-state index is 0.0702. The van der Waals surface area contributed by atoms with Crippen LogP contribution in [0.25, 0.3) is 33.5 Å². The Morgan fingerprint density at radius 3 is 2.60 bits per heavy atom. The van der Waals surface area contributed by atoms with Crippen LogP contribution in [0.5, 0.6) is 5.75 Å². The van der Waals surface area contributed by atoms with E-state index in [4.69, 9.17) is 14.0 Å². The smallest absolute Gasteiger partial charge is 0.333 e. The zero-order chi connectivity index (χ0) is 29.7. The Kier molecular flexibility index (Phi) is 8.78. The third-order valence-corrected chi connectivity index (χ3v) is 7.59. The molecule has 1 saturated heterocycles. The number of aromatic nitrogens is 2. The molecule has 0 N–H and O–H groups in total. The predicted octanol–water partition coefficient (Wildman–Crippen LogP) is 3.42. The lowest BCUT2D eigenvalue weighted by molar-refractivity contribution is -0.671. The molecule has 0 unspecified atom stereocenters. The molecule has 220 valence electrons. The number of ether oxygens (including phenoxy) is 1. The Morgan fingerprint density at radius 1 is 1.02 bits per heavy atom. The number of pyridine rings is 1. The lowest BCUT2D eigenvalue weighted by Crippen LogP contribution is -2.34. The molecule has 1 aliphatic heterocycles. The van der Waals surface area contributed by atoms with E-state index in [2.05, 4.69) is 9.55 Å². The minimum Gasteiger partial charge on any atom is -0.748 e.